The first kappa shape index (κ1) is 13.2. The Bertz CT molecular complexity index is 742. The van der Waals surface area contributed by atoms with E-state index in [0.29, 0.717) is 17.1 Å². The normalized spacial score (nSPS) is 10.4. The van der Waals surface area contributed by atoms with Crippen molar-refractivity contribution >= 4 is 0 Å². The van der Waals surface area contributed by atoms with Gasteiger partial charge in [0.1, 0.15) is 17.3 Å². The molecule has 0 N–H and O–H groups in total. The van der Waals surface area contributed by atoms with Crippen molar-refractivity contribution in [3.05, 3.63) is 60.5 Å². The molecule has 0 aliphatic carbocycles. The van der Waals surface area contributed by atoms with Crippen LogP contribution in [-0.2, 0) is 0 Å². The van der Waals surface area contributed by atoms with Crippen molar-refractivity contribution in [2.45, 2.75) is 0 Å². The second kappa shape index (κ2) is 5.66. The number of ether oxygens (including phenoxy) is 1. The molecule has 5 heteroatoms. The molecular formula is C16H12FN3O. The molecule has 0 radical (unpaired) electrons. The molecule has 0 aliphatic heterocycles. The van der Waals surface area contributed by atoms with E-state index in [9.17, 15) is 4.39 Å². The minimum absolute atomic E-state index is 0.312. The van der Waals surface area contributed by atoms with Crippen molar-refractivity contribution in [2.75, 3.05) is 7.11 Å². The third-order valence-corrected chi connectivity index (χ3v) is 3.03. The molecule has 0 saturated heterocycles. The van der Waals surface area contributed by atoms with Crippen LogP contribution in [0.1, 0.15) is 0 Å². The average molecular weight is 281 g/mol. The highest BCUT2D eigenvalue weighted by molar-refractivity contribution is 5.60. The molecule has 4 nitrogen and oxygen atoms in total. The third-order valence-electron chi connectivity index (χ3n) is 3.03. The van der Waals surface area contributed by atoms with Crippen LogP contribution in [0.3, 0.4) is 0 Å². The van der Waals surface area contributed by atoms with Gasteiger partial charge in [0.2, 0.25) is 0 Å². The summed E-state index contributed by atoms with van der Waals surface area (Å²) >= 11 is 0. The maximum atomic E-state index is 13.2. The first-order valence-corrected chi connectivity index (χ1v) is 6.36. The van der Waals surface area contributed by atoms with Crippen molar-refractivity contribution in [1.29, 1.82) is 0 Å². The van der Waals surface area contributed by atoms with Crippen LogP contribution in [0.2, 0.25) is 0 Å². The van der Waals surface area contributed by atoms with Gasteiger partial charge in [-0.05, 0) is 36.4 Å². The van der Waals surface area contributed by atoms with Gasteiger partial charge in [0.25, 0.3) is 0 Å². The summed E-state index contributed by atoms with van der Waals surface area (Å²) in [5, 5.41) is 8.18. The number of methoxy groups -OCH3 is 1. The van der Waals surface area contributed by atoms with E-state index in [1.54, 1.807) is 25.4 Å². The molecule has 1 aromatic heterocycles. The summed E-state index contributed by atoms with van der Waals surface area (Å²) < 4.78 is 18.3. The van der Waals surface area contributed by atoms with Gasteiger partial charge in [-0.25, -0.2) is 9.37 Å². The summed E-state index contributed by atoms with van der Waals surface area (Å²) in [7, 11) is 1.61. The van der Waals surface area contributed by atoms with Crippen LogP contribution >= 0.6 is 0 Å². The van der Waals surface area contributed by atoms with Gasteiger partial charge >= 0.3 is 0 Å². The molecule has 3 rings (SSSR count). The SMILES string of the molecule is COc1ccc(-c2ncc(-c3cccc(F)c3)nn2)cc1. The highest BCUT2D eigenvalue weighted by Crippen LogP contribution is 2.20. The minimum Gasteiger partial charge on any atom is -0.497 e. The third kappa shape index (κ3) is 2.86. The fraction of sp³-hybridized carbons (Fsp3) is 0.0625. The summed E-state index contributed by atoms with van der Waals surface area (Å²) in [5.74, 6) is 0.967. The maximum Gasteiger partial charge on any atom is 0.181 e. The molecule has 0 saturated carbocycles. The van der Waals surface area contributed by atoms with Crippen LogP contribution in [-0.4, -0.2) is 22.3 Å². The summed E-state index contributed by atoms with van der Waals surface area (Å²) in [6.07, 6.45) is 1.58. The van der Waals surface area contributed by atoms with Crippen LogP contribution < -0.4 is 4.74 Å². The smallest absolute Gasteiger partial charge is 0.181 e. The zero-order valence-corrected chi connectivity index (χ0v) is 11.3. The van der Waals surface area contributed by atoms with Crippen molar-refractivity contribution in [2.24, 2.45) is 0 Å². The maximum absolute atomic E-state index is 13.2. The van der Waals surface area contributed by atoms with Crippen molar-refractivity contribution < 1.29 is 9.13 Å². The molecule has 0 amide bonds. The molecule has 2 aromatic carbocycles. The van der Waals surface area contributed by atoms with Gasteiger partial charge < -0.3 is 4.74 Å². The number of hydrogen-bond acceptors (Lipinski definition) is 4. The molecule has 0 bridgehead atoms. The second-order valence-corrected chi connectivity index (χ2v) is 4.41. The lowest BCUT2D eigenvalue weighted by Crippen LogP contribution is -1.95. The predicted molar refractivity (Wildman–Crippen MR) is 77.2 cm³/mol. The molecule has 1 heterocycles. The summed E-state index contributed by atoms with van der Waals surface area (Å²) in [6.45, 7) is 0. The minimum atomic E-state index is -0.312. The van der Waals surface area contributed by atoms with Crippen LogP contribution in [0.4, 0.5) is 4.39 Å². The first-order chi connectivity index (χ1) is 10.3. The number of hydrogen-bond donors (Lipinski definition) is 0. The highest BCUT2D eigenvalue weighted by atomic mass is 19.1. The lowest BCUT2D eigenvalue weighted by atomic mass is 10.1. The fourth-order valence-corrected chi connectivity index (χ4v) is 1.93. The molecule has 0 fully saturated rings. The molecule has 0 spiro atoms. The van der Waals surface area contributed by atoms with Crippen LogP contribution in [0.25, 0.3) is 22.6 Å². The van der Waals surface area contributed by atoms with Crippen molar-refractivity contribution in [3.63, 3.8) is 0 Å². The zero-order chi connectivity index (χ0) is 14.7. The lowest BCUT2D eigenvalue weighted by molar-refractivity contribution is 0.415. The van der Waals surface area contributed by atoms with Gasteiger partial charge in [-0.2, -0.15) is 0 Å². The number of benzene rings is 2. The topological polar surface area (TPSA) is 47.9 Å². The van der Waals surface area contributed by atoms with E-state index < -0.39 is 0 Å². The van der Waals surface area contributed by atoms with E-state index in [2.05, 4.69) is 15.2 Å². The Morgan fingerprint density at radius 1 is 0.952 bits per heavy atom. The molecule has 104 valence electrons. The highest BCUT2D eigenvalue weighted by Gasteiger charge is 2.05. The Morgan fingerprint density at radius 2 is 1.76 bits per heavy atom. The molecule has 0 aliphatic rings. The Labute approximate surface area is 121 Å². The van der Waals surface area contributed by atoms with Gasteiger partial charge in [0, 0.05) is 11.1 Å². The van der Waals surface area contributed by atoms with Crippen molar-refractivity contribution in [3.8, 4) is 28.4 Å². The lowest BCUT2D eigenvalue weighted by Gasteiger charge is -2.03. The Hall–Kier alpha value is -2.82. The number of aromatic nitrogens is 3. The van der Waals surface area contributed by atoms with E-state index in [1.165, 1.54) is 12.1 Å². The quantitative estimate of drug-likeness (QED) is 0.738. The van der Waals surface area contributed by atoms with E-state index in [1.807, 2.05) is 24.3 Å². The Balaban J connectivity index is 1.89. The Kier molecular flexibility index (Phi) is 3.55. The number of nitrogens with zero attached hydrogens (tertiary/aromatic N) is 3. The number of rotatable bonds is 3. The zero-order valence-electron chi connectivity index (χ0n) is 11.3. The standard InChI is InChI=1S/C16H12FN3O/c1-21-14-7-5-11(6-8-14)16-18-10-15(19-20-16)12-3-2-4-13(17)9-12/h2-10H,1H3. The van der Waals surface area contributed by atoms with E-state index in [4.69, 9.17) is 4.74 Å². The first-order valence-electron chi connectivity index (χ1n) is 6.36. The summed E-state index contributed by atoms with van der Waals surface area (Å²) in [6, 6.07) is 13.6. The van der Waals surface area contributed by atoms with Gasteiger partial charge in [0.15, 0.2) is 5.82 Å². The van der Waals surface area contributed by atoms with Gasteiger partial charge in [-0.1, -0.05) is 12.1 Å². The van der Waals surface area contributed by atoms with Gasteiger partial charge in [0.05, 0.1) is 13.3 Å². The molecule has 21 heavy (non-hydrogen) atoms. The van der Waals surface area contributed by atoms with Crippen LogP contribution in [0.15, 0.2) is 54.7 Å². The van der Waals surface area contributed by atoms with Crippen LogP contribution in [0.5, 0.6) is 5.75 Å². The summed E-state index contributed by atoms with van der Waals surface area (Å²) in [4.78, 5) is 4.27. The van der Waals surface area contributed by atoms with E-state index in [-0.39, 0.29) is 5.82 Å². The van der Waals surface area contributed by atoms with Gasteiger partial charge in [-0.15, -0.1) is 10.2 Å². The molecule has 0 atom stereocenters. The van der Waals surface area contributed by atoms with Crippen LogP contribution in [0, 0.1) is 5.82 Å². The molecular weight excluding hydrogens is 269 g/mol. The average Bonchev–Trinajstić information content (AvgIpc) is 2.55. The molecule has 0 unspecified atom stereocenters. The van der Waals surface area contributed by atoms with Crippen molar-refractivity contribution in [1.82, 2.24) is 15.2 Å². The Morgan fingerprint density at radius 3 is 2.38 bits per heavy atom. The summed E-state index contributed by atoms with van der Waals surface area (Å²) in [5.41, 5.74) is 2.03. The predicted octanol–water partition coefficient (Wildman–Crippen LogP) is 3.35. The fourth-order valence-electron chi connectivity index (χ4n) is 1.93. The van der Waals surface area contributed by atoms with E-state index in [0.717, 1.165) is 11.3 Å². The second-order valence-electron chi connectivity index (χ2n) is 4.41. The van der Waals surface area contributed by atoms with E-state index >= 15 is 0 Å². The van der Waals surface area contributed by atoms with Gasteiger partial charge in [-0.3, -0.25) is 0 Å². The molecule has 3 aromatic rings. The number of halogens is 1. The largest absolute Gasteiger partial charge is 0.497 e. The monoisotopic (exact) mass is 281 g/mol.